The van der Waals surface area contributed by atoms with Crippen molar-refractivity contribution >= 4 is 40.4 Å². The van der Waals surface area contributed by atoms with Crippen molar-refractivity contribution in [3.8, 4) is 5.75 Å². The molecule has 0 fully saturated rings. The Bertz CT molecular complexity index is 1180. The number of benzene rings is 2. The van der Waals surface area contributed by atoms with Gasteiger partial charge in [0.25, 0.3) is 11.8 Å². The third-order valence-electron chi connectivity index (χ3n) is 5.44. The lowest BCUT2D eigenvalue weighted by Crippen LogP contribution is -2.39. The van der Waals surface area contributed by atoms with Crippen LogP contribution >= 0.6 is 11.6 Å². The molecule has 3 aromatic rings. The molecule has 0 aliphatic heterocycles. The number of fused-ring (bicyclic) bond motifs is 1. The Kier molecular flexibility index (Phi) is 9.01. The summed E-state index contributed by atoms with van der Waals surface area (Å²) in [6, 6.07) is 16.0. The first-order chi connectivity index (χ1) is 16.4. The summed E-state index contributed by atoms with van der Waals surface area (Å²) in [4.78, 5) is 32.5. The molecule has 0 atom stereocenters. The quantitative estimate of drug-likeness (QED) is 0.337. The molecule has 178 valence electrons. The molecule has 2 N–H and O–H groups in total. The molecule has 0 saturated carbocycles. The Morgan fingerprint density at radius 2 is 1.82 bits per heavy atom. The van der Waals surface area contributed by atoms with E-state index in [0.29, 0.717) is 35.5 Å². The van der Waals surface area contributed by atoms with Gasteiger partial charge in [-0.3, -0.25) is 9.59 Å². The van der Waals surface area contributed by atoms with Gasteiger partial charge in [0.2, 0.25) is 0 Å². The van der Waals surface area contributed by atoms with Crippen molar-refractivity contribution in [3.05, 3.63) is 76.6 Å². The van der Waals surface area contributed by atoms with Gasteiger partial charge in [0.05, 0.1) is 12.6 Å². The normalized spacial score (nSPS) is 11.5. The van der Waals surface area contributed by atoms with Crippen LogP contribution in [0.4, 0.5) is 0 Å². The minimum atomic E-state index is -0.401. The molecule has 0 unspecified atom stereocenters. The second kappa shape index (κ2) is 12.2. The Balaban J connectivity index is 1.91. The van der Waals surface area contributed by atoms with E-state index in [4.69, 9.17) is 16.3 Å². The number of hydrogen-bond acceptors (Lipinski definition) is 5. The Hall–Kier alpha value is -3.42. The summed E-state index contributed by atoms with van der Waals surface area (Å²) in [5, 5.41) is 6.66. The zero-order chi connectivity index (χ0) is 24.5. The van der Waals surface area contributed by atoms with E-state index in [1.165, 1.54) is 0 Å². The number of pyridine rings is 1. The number of nitrogens with zero attached hydrogens (tertiary/aromatic N) is 2. The Labute approximate surface area is 204 Å². The lowest BCUT2D eigenvalue weighted by atomic mass is 10.1. The molecule has 8 heteroatoms. The van der Waals surface area contributed by atoms with Crippen LogP contribution in [0.25, 0.3) is 17.0 Å². The largest absolute Gasteiger partial charge is 0.497 e. The number of methoxy groups -OCH3 is 1. The summed E-state index contributed by atoms with van der Waals surface area (Å²) >= 11 is 6.44. The van der Waals surface area contributed by atoms with Gasteiger partial charge >= 0.3 is 0 Å². The molecule has 2 aromatic carbocycles. The highest BCUT2D eigenvalue weighted by molar-refractivity contribution is 6.31. The van der Waals surface area contributed by atoms with Crippen LogP contribution in [-0.2, 0) is 4.79 Å². The van der Waals surface area contributed by atoms with Crippen molar-refractivity contribution in [1.29, 1.82) is 0 Å². The predicted molar refractivity (Wildman–Crippen MR) is 136 cm³/mol. The smallest absolute Gasteiger partial charge is 0.267 e. The van der Waals surface area contributed by atoms with E-state index >= 15 is 0 Å². The first-order valence-corrected chi connectivity index (χ1v) is 11.6. The van der Waals surface area contributed by atoms with Crippen molar-refractivity contribution in [2.45, 2.75) is 13.8 Å². The zero-order valence-electron chi connectivity index (χ0n) is 19.6. The van der Waals surface area contributed by atoms with Gasteiger partial charge in [0.15, 0.2) is 0 Å². The molecule has 1 aromatic heterocycles. The fourth-order valence-electron chi connectivity index (χ4n) is 3.43. The van der Waals surface area contributed by atoms with Gasteiger partial charge in [0.1, 0.15) is 16.6 Å². The minimum Gasteiger partial charge on any atom is -0.497 e. The molecule has 0 saturated heterocycles. The summed E-state index contributed by atoms with van der Waals surface area (Å²) in [6.45, 7) is 7.08. The second-order valence-corrected chi connectivity index (χ2v) is 7.95. The van der Waals surface area contributed by atoms with Crippen LogP contribution < -0.4 is 15.4 Å². The zero-order valence-corrected chi connectivity index (χ0v) is 20.4. The van der Waals surface area contributed by atoms with Gasteiger partial charge in [-0.05, 0) is 49.5 Å². The SMILES string of the molecule is CCN(CC)CCNC(=O)C(=Cc1cc2ccc(OC)cc2nc1Cl)NC(=O)c1ccccc1. The molecule has 3 rings (SSSR count). The monoisotopic (exact) mass is 480 g/mol. The number of hydrogen-bond donors (Lipinski definition) is 2. The van der Waals surface area contributed by atoms with Crippen molar-refractivity contribution in [1.82, 2.24) is 20.5 Å². The Morgan fingerprint density at radius 3 is 2.50 bits per heavy atom. The number of carbonyl (C=O) groups excluding carboxylic acids is 2. The van der Waals surface area contributed by atoms with Crippen LogP contribution in [0.2, 0.25) is 5.15 Å². The topological polar surface area (TPSA) is 83.6 Å². The molecule has 7 nitrogen and oxygen atoms in total. The van der Waals surface area contributed by atoms with Gasteiger partial charge in [-0.2, -0.15) is 0 Å². The molecule has 0 spiro atoms. The Morgan fingerprint density at radius 1 is 1.09 bits per heavy atom. The van der Waals surface area contributed by atoms with Crippen molar-refractivity contribution in [2.75, 3.05) is 33.3 Å². The van der Waals surface area contributed by atoms with Crippen LogP contribution in [0.3, 0.4) is 0 Å². The number of amides is 2. The highest BCUT2D eigenvalue weighted by atomic mass is 35.5. The van der Waals surface area contributed by atoms with Gasteiger partial charge in [-0.25, -0.2) is 4.98 Å². The van der Waals surface area contributed by atoms with E-state index in [0.717, 1.165) is 18.5 Å². The van der Waals surface area contributed by atoms with E-state index < -0.39 is 5.91 Å². The van der Waals surface area contributed by atoms with E-state index in [9.17, 15) is 9.59 Å². The molecule has 0 aliphatic carbocycles. The average Bonchev–Trinajstić information content (AvgIpc) is 2.86. The van der Waals surface area contributed by atoms with E-state index in [1.807, 2.05) is 24.3 Å². The van der Waals surface area contributed by atoms with Crippen molar-refractivity contribution < 1.29 is 14.3 Å². The summed E-state index contributed by atoms with van der Waals surface area (Å²) in [6.07, 6.45) is 1.55. The number of aromatic nitrogens is 1. The average molecular weight is 481 g/mol. The third kappa shape index (κ3) is 6.56. The maximum absolute atomic E-state index is 13.0. The van der Waals surface area contributed by atoms with Gasteiger partial charge in [-0.15, -0.1) is 0 Å². The number of halogens is 1. The third-order valence-corrected chi connectivity index (χ3v) is 5.74. The molecule has 34 heavy (non-hydrogen) atoms. The van der Waals surface area contributed by atoms with Crippen LogP contribution in [0.1, 0.15) is 29.8 Å². The van der Waals surface area contributed by atoms with Crippen LogP contribution in [-0.4, -0.2) is 55.0 Å². The fraction of sp³-hybridized carbons (Fsp3) is 0.269. The number of rotatable bonds is 10. The van der Waals surface area contributed by atoms with Crippen LogP contribution in [0, 0.1) is 0 Å². The number of ether oxygens (including phenoxy) is 1. The van der Waals surface area contributed by atoms with Crippen LogP contribution in [0.15, 0.2) is 60.3 Å². The summed E-state index contributed by atoms with van der Waals surface area (Å²) < 4.78 is 5.25. The second-order valence-electron chi connectivity index (χ2n) is 7.59. The summed E-state index contributed by atoms with van der Waals surface area (Å²) in [5.41, 5.74) is 1.71. The van der Waals surface area contributed by atoms with Crippen molar-refractivity contribution in [3.63, 3.8) is 0 Å². The molecule has 1 heterocycles. The first-order valence-electron chi connectivity index (χ1n) is 11.2. The highest BCUT2D eigenvalue weighted by Crippen LogP contribution is 2.25. The van der Waals surface area contributed by atoms with Gasteiger partial charge < -0.3 is 20.3 Å². The first kappa shape index (κ1) is 25.2. The lowest BCUT2D eigenvalue weighted by Gasteiger charge is -2.18. The van der Waals surface area contributed by atoms with E-state index in [2.05, 4.69) is 34.4 Å². The summed E-state index contributed by atoms with van der Waals surface area (Å²) in [5.74, 6) is -0.120. The summed E-state index contributed by atoms with van der Waals surface area (Å²) in [7, 11) is 1.58. The number of nitrogens with one attached hydrogen (secondary N) is 2. The maximum Gasteiger partial charge on any atom is 0.267 e. The lowest BCUT2D eigenvalue weighted by molar-refractivity contribution is -0.117. The maximum atomic E-state index is 13.0. The number of likely N-dealkylation sites (N-methyl/N-ethyl adjacent to an activating group) is 1. The van der Waals surface area contributed by atoms with Crippen molar-refractivity contribution in [2.24, 2.45) is 0 Å². The van der Waals surface area contributed by atoms with Gasteiger partial charge in [-0.1, -0.05) is 43.6 Å². The van der Waals surface area contributed by atoms with E-state index in [1.54, 1.807) is 43.5 Å². The molecule has 0 aliphatic rings. The molecular weight excluding hydrogens is 452 g/mol. The van der Waals surface area contributed by atoms with E-state index in [-0.39, 0.29) is 16.8 Å². The highest BCUT2D eigenvalue weighted by Gasteiger charge is 2.16. The minimum absolute atomic E-state index is 0.0879. The van der Waals surface area contributed by atoms with Crippen LogP contribution in [0.5, 0.6) is 5.75 Å². The molecule has 0 bridgehead atoms. The molecule has 2 amide bonds. The number of carbonyl (C=O) groups is 2. The molecular formula is C26H29ClN4O3. The predicted octanol–water partition coefficient (Wildman–Crippen LogP) is 4.13. The van der Waals surface area contributed by atoms with Gasteiger partial charge in [0, 0.05) is 35.7 Å². The fourth-order valence-corrected chi connectivity index (χ4v) is 3.63. The standard InChI is InChI=1S/C26H29ClN4O3/c1-4-31(5-2)14-13-28-26(33)23(30-25(32)18-9-7-6-8-10-18)16-20-15-19-11-12-21(34-3)17-22(19)29-24(20)27/h6-12,15-17H,4-5,13-14H2,1-3H3,(H,28,33)(H,30,32). The molecule has 0 radical (unpaired) electrons.